The topological polar surface area (TPSA) is 66.9 Å². The van der Waals surface area contributed by atoms with Crippen molar-refractivity contribution < 1.29 is 4.79 Å². The average Bonchev–Trinajstić information content (AvgIpc) is 2.90. The molecule has 1 aromatic carbocycles. The van der Waals surface area contributed by atoms with E-state index in [-0.39, 0.29) is 5.91 Å². The molecule has 1 aromatic heterocycles. The number of aromatic nitrogens is 2. The van der Waals surface area contributed by atoms with Crippen molar-refractivity contribution in [1.82, 2.24) is 10.2 Å². The largest absolute Gasteiger partial charge is 0.374 e. The Morgan fingerprint density at radius 3 is 2.86 bits per heavy atom. The lowest BCUT2D eigenvalue weighted by Crippen LogP contribution is -2.32. The number of halogens is 1. The Morgan fingerprint density at radius 2 is 2.19 bits per heavy atom. The van der Waals surface area contributed by atoms with E-state index in [2.05, 4.69) is 20.8 Å². The summed E-state index contributed by atoms with van der Waals surface area (Å²) in [4.78, 5) is 12.1. The van der Waals surface area contributed by atoms with E-state index in [1.165, 1.54) is 11.3 Å². The molecular formula is C14H17ClN4OS. The van der Waals surface area contributed by atoms with Crippen molar-refractivity contribution in [2.75, 3.05) is 10.6 Å². The maximum atomic E-state index is 12.1. The molecule has 0 aliphatic heterocycles. The fraction of sp³-hybridized carbons (Fsp3) is 0.357. The summed E-state index contributed by atoms with van der Waals surface area (Å²) in [5, 5.41) is 15.9. The molecule has 0 spiro atoms. The number of carbonyl (C=O) groups excluding carboxylic acids is 1. The van der Waals surface area contributed by atoms with Crippen LogP contribution < -0.4 is 10.6 Å². The monoisotopic (exact) mass is 324 g/mol. The first-order valence-electron chi connectivity index (χ1n) is 6.65. The number of rotatable bonds is 5. The Kier molecular flexibility index (Phi) is 5.14. The third-order valence-electron chi connectivity index (χ3n) is 2.96. The fourth-order valence-corrected chi connectivity index (χ4v) is 2.56. The lowest BCUT2D eigenvalue weighted by atomic mass is 10.2. The smallest absolute Gasteiger partial charge is 0.248 e. The van der Waals surface area contributed by atoms with Gasteiger partial charge in [-0.3, -0.25) is 10.1 Å². The van der Waals surface area contributed by atoms with E-state index in [0.29, 0.717) is 10.2 Å². The molecule has 112 valence electrons. The lowest BCUT2D eigenvalue weighted by Gasteiger charge is -2.16. The van der Waals surface area contributed by atoms with Gasteiger partial charge in [-0.15, -0.1) is 10.2 Å². The van der Waals surface area contributed by atoms with E-state index in [1.54, 1.807) is 13.0 Å². The average molecular weight is 325 g/mol. The van der Waals surface area contributed by atoms with Crippen LogP contribution in [0.25, 0.3) is 0 Å². The number of nitrogens with one attached hydrogen (secondary N) is 2. The Labute approximate surface area is 132 Å². The first-order chi connectivity index (χ1) is 9.99. The van der Waals surface area contributed by atoms with Gasteiger partial charge in [0.25, 0.3) is 0 Å². The van der Waals surface area contributed by atoms with E-state index in [1.807, 2.05) is 26.0 Å². The molecule has 21 heavy (non-hydrogen) atoms. The minimum atomic E-state index is -0.406. The van der Waals surface area contributed by atoms with E-state index in [4.69, 9.17) is 11.6 Å². The van der Waals surface area contributed by atoms with Crippen LogP contribution in [0.2, 0.25) is 5.02 Å². The number of hydrogen-bond donors (Lipinski definition) is 2. The summed E-state index contributed by atoms with van der Waals surface area (Å²) in [5.41, 5.74) is 1.87. The molecule has 5 nitrogen and oxygen atoms in total. The number of carbonyl (C=O) groups is 1. The van der Waals surface area contributed by atoms with Gasteiger partial charge in [0.05, 0.1) is 0 Å². The normalized spacial score (nSPS) is 12.0. The summed E-state index contributed by atoms with van der Waals surface area (Å²) in [6, 6.07) is 5.13. The lowest BCUT2D eigenvalue weighted by molar-refractivity contribution is -0.116. The summed E-state index contributed by atoms with van der Waals surface area (Å²) >= 11 is 7.36. The molecule has 0 aliphatic rings. The third-order valence-corrected chi connectivity index (χ3v) is 4.18. The predicted octanol–water partition coefficient (Wildman–Crippen LogP) is 3.50. The highest BCUT2D eigenvalue weighted by Gasteiger charge is 2.15. The first-order valence-corrected chi connectivity index (χ1v) is 7.85. The minimum absolute atomic E-state index is 0.159. The van der Waals surface area contributed by atoms with E-state index in [0.717, 1.165) is 22.7 Å². The molecule has 0 unspecified atom stereocenters. The van der Waals surface area contributed by atoms with Gasteiger partial charge in [-0.1, -0.05) is 35.9 Å². The zero-order valence-corrected chi connectivity index (χ0v) is 13.7. The zero-order valence-electron chi connectivity index (χ0n) is 12.1. The van der Waals surface area contributed by atoms with E-state index >= 15 is 0 Å². The van der Waals surface area contributed by atoms with Crippen molar-refractivity contribution in [3.8, 4) is 0 Å². The van der Waals surface area contributed by atoms with Crippen LogP contribution in [0.15, 0.2) is 18.2 Å². The second kappa shape index (κ2) is 6.87. The van der Waals surface area contributed by atoms with Crippen molar-refractivity contribution in [3.05, 3.63) is 33.8 Å². The van der Waals surface area contributed by atoms with Gasteiger partial charge in [-0.05, 0) is 38.0 Å². The highest BCUT2D eigenvalue weighted by Crippen LogP contribution is 2.21. The molecule has 0 aliphatic carbocycles. The second-order valence-electron chi connectivity index (χ2n) is 4.67. The molecule has 2 rings (SSSR count). The molecule has 0 saturated heterocycles. The van der Waals surface area contributed by atoms with Crippen molar-refractivity contribution in [1.29, 1.82) is 0 Å². The fourth-order valence-electron chi connectivity index (χ4n) is 1.71. The van der Waals surface area contributed by atoms with Crippen LogP contribution in [-0.4, -0.2) is 22.1 Å². The molecule has 0 saturated carbocycles. The third kappa shape index (κ3) is 4.15. The SMILES string of the molecule is CCc1nnc(NC(=O)[C@@H](C)Nc2cc(Cl)ccc2C)s1. The molecular weight excluding hydrogens is 308 g/mol. The van der Waals surface area contributed by atoms with Crippen LogP contribution in [0.3, 0.4) is 0 Å². The van der Waals surface area contributed by atoms with Crippen LogP contribution in [0, 0.1) is 6.92 Å². The van der Waals surface area contributed by atoms with Crippen LogP contribution >= 0.6 is 22.9 Å². The molecule has 0 radical (unpaired) electrons. The standard InChI is InChI=1S/C14H17ClN4OS/c1-4-12-18-19-14(21-12)17-13(20)9(3)16-11-7-10(15)6-5-8(11)2/h5-7,9,16H,4H2,1-3H3,(H,17,19,20)/t9-/m1/s1. The number of benzene rings is 1. The van der Waals surface area contributed by atoms with Crippen LogP contribution in [0.5, 0.6) is 0 Å². The van der Waals surface area contributed by atoms with Crippen LogP contribution in [0.1, 0.15) is 24.4 Å². The maximum absolute atomic E-state index is 12.1. The van der Waals surface area contributed by atoms with Crippen molar-refractivity contribution >= 4 is 39.7 Å². The van der Waals surface area contributed by atoms with Crippen LogP contribution in [0.4, 0.5) is 10.8 Å². The Balaban J connectivity index is 2.00. The highest BCUT2D eigenvalue weighted by atomic mass is 35.5. The van der Waals surface area contributed by atoms with Crippen LogP contribution in [-0.2, 0) is 11.2 Å². The summed E-state index contributed by atoms with van der Waals surface area (Å²) in [7, 11) is 0. The van der Waals surface area contributed by atoms with Gasteiger partial charge in [-0.2, -0.15) is 0 Å². The van der Waals surface area contributed by atoms with E-state index in [9.17, 15) is 4.79 Å². The predicted molar refractivity (Wildman–Crippen MR) is 87.2 cm³/mol. The molecule has 1 atom stereocenters. The summed E-state index contributed by atoms with van der Waals surface area (Å²) in [6.45, 7) is 5.75. The zero-order chi connectivity index (χ0) is 15.4. The Hall–Kier alpha value is -1.66. The summed E-state index contributed by atoms with van der Waals surface area (Å²) < 4.78 is 0. The number of aryl methyl sites for hydroxylation is 2. The molecule has 1 heterocycles. The molecule has 7 heteroatoms. The number of hydrogen-bond acceptors (Lipinski definition) is 5. The minimum Gasteiger partial charge on any atom is -0.374 e. The molecule has 2 N–H and O–H groups in total. The molecule has 0 bridgehead atoms. The Morgan fingerprint density at radius 1 is 1.43 bits per heavy atom. The molecule has 1 amide bonds. The second-order valence-corrected chi connectivity index (χ2v) is 6.17. The summed E-state index contributed by atoms with van der Waals surface area (Å²) in [6.07, 6.45) is 0.809. The summed E-state index contributed by atoms with van der Waals surface area (Å²) in [5.74, 6) is -0.159. The molecule has 0 fully saturated rings. The van der Waals surface area contributed by atoms with Crippen molar-refractivity contribution in [2.45, 2.75) is 33.2 Å². The number of nitrogens with zero attached hydrogens (tertiary/aromatic N) is 2. The van der Waals surface area contributed by atoms with Gasteiger partial charge in [-0.25, -0.2) is 0 Å². The van der Waals surface area contributed by atoms with Gasteiger partial charge < -0.3 is 5.32 Å². The Bertz CT molecular complexity index is 644. The first kappa shape index (κ1) is 15.7. The molecule has 2 aromatic rings. The van der Waals surface area contributed by atoms with Crippen molar-refractivity contribution in [3.63, 3.8) is 0 Å². The number of amides is 1. The van der Waals surface area contributed by atoms with Gasteiger partial charge in [0, 0.05) is 10.7 Å². The van der Waals surface area contributed by atoms with E-state index < -0.39 is 6.04 Å². The quantitative estimate of drug-likeness (QED) is 0.883. The number of anilines is 2. The maximum Gasteiger partial charge on any atom is 0.248 e. The van der Waals surface area contributed by atoms with Gasteiger partial charge in [0.15, 0.2) is 0 Å². The van der Waals surface area contributed by atoms with Crippen molar-refractivity contribution in [2.24, 2.45) is 0 Å². The highest BCUT2D eigenvalue weighted by molar-refractivity contribution is 7.15. The van der Waals surface area contributed by atoms with Gasteiger partial charge in [0.2, 0.25) is 11.0 Å². The van der Waals surface area contributed by atoms with Gasteiger partial charge >= 0.3 is 0 Å². The van der Waals surface area contributed by atoms with Gasteiger partial charge in [0.1, 0.15) is 11.0 Å².